The van der Waals surface area contributed by atoms with Gasteiger partial charge in [0.25, 0.3) is 0 Å². The molecule has 0 aromatic heterocycles. The number of likely N-dealkylation sites (tertiary alicyclic amines) is 1. The molecule has 1 fully saturated rings. The van der Waals surface area contributed by atoms with Crippen molar-refractivity contribution in [2.45, 2.75) is 19.1 Å². The second-order valence-electron chi connectivity index (χ2n) is 4.72. The quantitative estimate of drug-likeness (QED) is 0.876. The third-order valence-electron chi connectivity index (χ3n) is 3.46. The van der Waals surface area contributed by atoms with Crippen molar-refractivity contribution in [1.82, 2.24) is 4.90 Å². The molecule has 0 bridgehead atoms. The number of benzene rings is 1. The first-order chi connectivity index (χ1) is 9.13. The minimum absolute atomic E-state index is 0.211. The molecule has 19 heavy (non-hydrogen) atoms. The summed E-state index contributed by atoms with van der Waals surface area (Å²) in [6.45, 7) is 2.61. The van der Waals surface area contributed by atoms with E-state index in [4.69, 9.17) is 14.6 Å². The van der Waals surface area contributed by atoms with Crippen LogP contribution in [0.15, 0.2) is 18.2 Å². The molecule has 2 rings (SSSR count). The molecule has 0 spiro atoms. The van der Waals surface area contributed by atoms with Gasteiger partial charge in [0.15, 0.2) is 0 Å². The molecule has 1 N–H and O–H groups in total. The number of hydrogen-bond donors (Lipinski definition) is 1. The molecular weight excluding hydrogens is 246 g/mol. The Morgan fingerprint density at radius 2 is 2.26 bits per heavy atom. The number of carbonyl (C=O) groups is 1. The lowest BCUT2D eigenvalue weighted by atomic mass is 10.1. The summed E-state index contributed by atoms with van der Waals surface area (Å²) in [7, 11) is 3.20. The first-order valence-corrected chi connectivity index (χ1v) is 6.29. The van der Waals surface area contributed by atoms with E-state index in [2.05, 4.69) is 4.90 Å². The third-order valence-corrected chi connectivity index (χ3v) is 3.46. The summed E-state index contributed by atoms with van der Waals surface area (Å²) in [6, 6.07) is 5.30. The van der Waals surface area contributed by atoms with Gasteiger partial charge < -0.3 is 14.6 Å². The summed E-state index contributed by atoms with van der Waals surface area (Å²) in [5.41, 5.74) is 1.19. The Bertz CT molecular complexity index is 461. The summed E-state index contributed by atoms with van der Waals surface area (Å²) in [4.78, 5) is 13.4. The number of hydrogen-bond acceptors (Lipinski definition) is 4. The monoisotopic (exact) mass is 265 g/mol. The second kappa shape index (κ2) is 6.04. The van der Waals surface area contributed by atoms with Crippen molar-refractivity contribution in [1.29, 1.82) is 0 Å². The minimum atomic E-state index is -0.963. The number of ether oxygens (including phenoxy) is 2. The number of carboxylic acids is 1. The zero-order valence-electron chi connectivity index (χ0n) is 11.3. The van der Waals surface area contributed by atoms with Gasteiger partial charge in [0.2, 0.25) is 0 Å². The fourth-order valence-electron chi connectivity index (χ4n) is 2.41. The van der Waals surface area contributed by atoms with Gasteiger partial charge in [-0.25, -0.2) is 4.79 Å². The van der Waals surface area contributed by atoms with Gasteiger partial charge in [0.05, 0.1) is 13.2 Å². The molecule has 0 amide bonds. The van der Waals surface area contributed by atoms with Crippen LogP contribution >= 0.6 is 0 Å². The third kappa shape index (κ3) is 3.24. The molecule has 1 aromatic rings. The Kier molecular flexibility index (Phi) is 4.39. The Morgan fingerprint density at radius 3 is 2.84 bits per heavy atom. The molecule has 0 aliphatic carbocycles. The van der Waals surface area contributed by atoms with Crippen LogP contribution in [0.3, 0.4) is 0 Å². The normalized spacial score (nSPS) is 19.6. The molecule has 1 heterocycles. The summed E-state index contributed by atoms with van der Waals surface area (Å²) in [5.74, 6) is -0.567. The summed E-state index contributed by atoms with van der Waals surface area (Å²) in [6.07, 6.45) is 1.32. The lowest BCUT2D eigenvalue weighted by Gasteiger charge is -2.16. The molecule has 0 radical (unpaired) electrons. The number of methoxy groups -OCH3 is 2. The number of carboxylic acid groups (broad SMARTS) is 1. The highest BCUT2D eigenvalue weighted by Gasteiger charge is 2.22. The molecule has 1 saturated heterocycles. The molecule has 5 heteroatoms. The van der Waals surface area contributed by atoms with E-state index in [1.807, 2.05) is 6.07 Å². The van der Waals surface area contributed by atoms with Gasteiger partial charge in [-0.2, -0.15) is 0 Å². The highest BCUT2D eigenvalue weighted by molar-refractivity contribution is 5.91. The average molecular weight is 265 g/mol. The number of rotatable bonds is 5. The van der Waals surface area contributed by atoms with Gasteiger partial charge >= 0.3 is 5.97 Å². The Balaban J connectivity index is 2.09. The van der Waals surface area contributed by atoms with Crippen LogP contribution in [-0.2, 0) is 11.3 Å². The minimum Gasteiger partial charge on any atom is -0.496 e. The Morgan fingerprint density at radius 1 is 1.47 bits per heavy atom. The summed E-state index contributed by atoms with van der Waals surface area (Å²) in [5, 5.41) is 9.15. The van der Waals surface area contributed by atoms with Crippen LogP contribution in [0, 0.1) is 0 Å². The van der Waals surface area contributed by atoms with E-state index in [0.29, 0.717) is 5.75 Å². The van der Waals surface area contributed by atoms with Gasteiger partial charge in [-0.15, -0.1) is 0 Å². The molecule has 104 valence electrons. The van der Waals surface area contributed by atoms with Gasteiger partial charge in [-0.1, -0.05) is 6.07 Å². The van der Waals surface area contributed by atoms with Gasteiger partial charge in [0.1, 0.15) is 11.3 Å². The average Bonchev–Trinajstić information content (AvgIpc) is 2.86. The SMILES string of the molecule is COc1ccc(CN2CCC(OC)C2)cc1C(=O)O. The van der Waals surface area contributed by atoms with E-state index in [9.17, 15) is 4.79 Å². The second-order valence-corrected chi connectivity index (χ2v) is 4.72. The maximum Gasteiger partial charge on any atom is 0.339 e. The molecular formula is C14H19NO4. The fourth-order valence-corrected chi connectivity index (χ4v) is 2.41. The van der Waals surface area contributed by atoms with Gasteiger partial charge in [-0.3, -0.25) is 4.90 Å². The fraction of sp³-hybridized carbons (Fsp3) is 0.500. The first kappa shape index (κ1) is 13.8. The van der Waals surface area contributed by atoms with E-state index in [1.165, 1.54) is 7.11 Å². The Hall–Kier alpha value is -1.59. The van der Waals surface area contributed by atoms with E-state index in [-0.39, 0.29) is 11.7 Å². The lowest BCUT2D eigenvalue weighted by Crippen LogP contribution is -2.22. The Labute approximate surface area is 112 Å². The molecule has 1 aliphatic rings. The van der Waals surface area contributed by atoms with E-state index in [1.54, 1.807) is 19.2 Å². The van der Waals surface area contributed by atoms with Crippen molar-refractivity contribution >= 4 is 5.97 Å². The highest BCUT2D eigenvalue weighted by atomic mass is 16.5. The molecule has 1 unspecified atom stereocenters. The van der Waals surface area contributed by atoms with Crippen molar-refractivity contribution in [3.63, 3.8) is 0 Å². The largest absolute Gasteiger partial charge is 0.496 e. The summed E-state index contributed by atoms with van der Waals surface area (Å²) >= 11 is 0. The molecule has 1 atom stereocenters. The molecule has 5 nitrogen and oxygen atoms in total. The number of nitrogens with zero attached hydrogens (tertiary/aromatic N) is 1. The maximum absolute atomic E-state index is 11.2. The van der Waals surface area contributed by atoms with Crippen molar-refractivity contribution in [2.75, 3.05) is 27.3 Å². The van der Waals surface area contributed by atoms with Crippen LogP contribution in [0.25, 0.3) is 0 Å². The summed E-state index contributed by atoms with van der Waals surface area (Å²) < 4.78 is 10.4. The van der Waals surface area contributed by atoms with E-state index < -0.39 is 5.97 Å². The molecule has 1 aliphatic heterocycles. The standard InChI is InChI=1S/C14H19NO4/c1-18-11-5-6-15(9-11)8-10-3-4-13(19-2)12(7-10)14(16)17/h3-4,7,11H,5-6,8-9H2,1-2H3,(H,16,17). The van der Waals surface area contributed by atoms with Crippen molar-refractivity contribution in [3.8, 4) is 5.75 Å². The van der Waals surface area contributed by atoms with E-state index >= 15 is 0 Å². The topological polar surface area (TPSA) is 59.0 Å². The van der Waals surface area contributed by atoms with Crippen LogP contribution < -0.4 is 4.74 Å². The van der Waals surface area contributed by atoms with Gasteiger partial charge in [0, 0.05) is 26.7 Å². The van der Waals surface area contributed by atoms with Crippen LogP contribution in [0.1, 0.15) is 22.3 Å². The zero-order chi connectivity index (χ0) is 13.8. The van der Waals surface area contributed by atoms with E-state index in [0.717, 1.165) is 31.6 Å². The predicted molar refractivity (Wildman–Crippen MR) is 70.6 cm³/mol. The maximum atomic E-state index is 11.2. The predicted octanol–water partition coefficient (Wildman–Crippen LogP) is 1.61. The van der Waals surface area contributed by atoms with Crippen molar-refractivity contribution in [3.05, 3.63) is 29.3 Å². The zero-order valence-corrected chi connectivity index (χ0v) is 11.3. The first-order valence-electron chi connectivity index (χ1n) is 6.29. The lowest BCUT2D eigenvalue weighted by molar-refractivity contribution is 0.0693. The van der Waals surface area contributed by atoms with Crippen LogP contribution in [0.5, 0.6) is 5.75 Å². The number of aromatic carboxylic acids is 1. The molecule has 0 saturated carbocycles. The molecule has 1 aromatic carbocycles. The van der Waals surface area contributed by atoms with Crippen LogP contribution in [0.4, 0.5) is 0 Å². The van der Waals surface area contributed by atoms with Crippen LogP contribution in [0.2, 0.25) is 0 Å². The van der Waals surface area contributed by atoms with Gasteiger partial charge in [-0.05, 0) is 24.1 Å². The van der Waals surface area contributed by atoms with Crippen LogP contribution in [-0.4, -0.2) is 49.4 Å². The van der Waals surface area contributed by atoms with Crippen molar-refractivity contribution < 1.29 is 19.4 Å². The van der Waals surface area contributed by atoms with Crippen molar-refractivity contribution in [2.24, 2.45) is 0 Å². The highest BCUT2D eigenvalue weighted by Crippen LogP contribution is 2.22. The smallest absolute Gasteiger partial charge is 0.339 e.